The van der Waals surface area contributed by atoms with Crippen LogP contribution < -0.4 is 10.0 Å². The lowest BCUT2D eigenvalue weighted by atomic mass is 10.1. The minimum Gasteiger partial charge on any atom is -0.506 e. The number of para-hydroxylation sites is 1. The number of halogens is 2. The van der Waals surface area contributed by atoms with Gasteiger partial charge in [-0.2, -0.15) is 0 Å². The lowest BCUT2D eigenvalue weighted by Crippen LogP contribution is -2.15. The van der Waals surface area contributed by atoms with E-state index in [1.54, 1.807) is 25.1 Å². The van der Waals surface area contributed by atoms with E-state index in [0.717, 1.165) is 12.1 Å². The van der Waals surface area contributed by atoms with Gasteiger partial charge in [0.05, 0.1) is 16.3 Å². The van der Waals surface area contributed by atoms with E-state index in [0.29, 0.717) is 16.0 Å². The molecule has 0 saturated carbocycles. The van der Waals surface area contributed by atoms with Gasteiger partial charge in [-0.15, -0.1) is 0 Å². The minimum atomic E-state index is -4.05. The van der Waals surface area contributed by atoms with Crippen LogP contribution in [0.5, 0.6) is 5.75 Å². The second kappa shape index (κ2) is 8.18. The number of carbonyl (C=O) groups excluding carboxylic acids is 1. The number of hydrogen-bond acceptors (Lipinski definition) is 5. The summed E-state index contributed by atoms with van der Waals surface area (Å²) in [5.41, 5.74) is 0.421. The fraction of sp³-hybridized carbons (Fsp3) is 0.0455. The van der Waals surface area contributed by atoms with E-state index >= 15 is 0 Å². The van der Waals surface area contributed by atoms with Crippen LogP contribution in [0.3, 0.4) is 0 Å². The van der Waals surface area contributed by atoms with Crippen molar-refractivity contribution < 1.29 is 27.1 Å². The second-order valence-electron chi connectivity index (χ2n) is 6.92. The molecule has 0 fully saturated rings. The second-order valence-corrected chi connectivity index (χ2v) is 9.04. The van der Waals surface area contributed by atoms with Gasteiger partial charge in [0.2, 0.25) is 0 Å². The maximum absolute atomic E-state index is 14.0. The molecule has 0 spiro atoms. The van der Waals surface area contributed by atoms with Gasteiger partial charge in [-0.25, -0.2) is 12.8 Å². The molecule has 32 heavy (non-hydrogen) atoms. The highest BCUT2D eigenvalue weighted by Gasteiger charge is 2.22. The Morgan fingerprint density at radius 2 is 1.84 bits per heavy atom. The molecule has 0 aliphatic heterocycles. The summed E-state index contributed by atoms with van der Waals surface area (Å²) in [5, 5.41) is 13.3. The van der Waals surface area contributed by atoms with Gasteiger partial charge in [-0.1, -0.05) is 29.8 Å². The number of fused-ring (bicyclic) bond motifs is 1. The van der Waals surface area contributed by atoms with Crippen LogP contribution in [0.4, 0.5) is 15.8 Å². The van der Waals surface area contributed by atoms with Crippen molar-refractivity contribution in [3.05, 3.63) is 82.8 Å². The quantitative estimate of drug-likeness (QED) is 0.340. The van der Waals surface area contributed by atoms with Crippen molar-refractivity contribution in [2.75, 3.05) is 10.0 Å². The third-order valence-corrected chi connectivity index (χ3v) is 6.34. The highest BCUT2D eigenvalue weighted by molar-refractivity contribution is 7.92. The van der Waals surface area contributed by atoms with Crippen LogP contribution in [0, 0.1) is 12.7 Å². The SMILES string of the molecule is Cc1c(C(=O)Nc2cc(S(=O)(=O)Nc3cccc(Cl)c3)ccc2O)oc2c(F)cccc12. The number of nitrogens with one attached hydrogen (secondary N) is 2. The number of anilines is 2. The number of phenols is 1. The molecule has 0 aliphatic rings. The zero-order valence-corrected chi connectivity index (χ0v) is 18.1. The van der Waals surface area contributed by atoms with Crippen LogP contribution in [0.1, 0.15) is 16.1 Å². The lowest BCUT2D eigenvalue weighted by Gasteiger charge is -2.11. The Morgan fingerprint density at radius 1 is 1.09 bits per heavy atom. The van der Waals surface area contributed by atoms with Crippen LogP contribution in [-0.2, 0) is 10.0 Å². The number of phenolic OH excluding ortho intramolecular Hbond substituents is 1. The number of aromatic hydroxyl groups is 1. The van der Waals surface area contributed by atoms with Crippen molar-refractivity contribution in [2.24, 2.45) is 0 Å². The highest BCUT2D eigenvalue weighted by atomic mass is 35.5. The Balaban J connectivity index is 1.64. The van der Waals surface area contributed by atoms with Gasteiger partial charge >= 0.3 is 0 Å². The Labute approximate surface area is 187 Å². The highest BCUT2D eigenvalue weighted by Crippen LogP contribution is 2.31. The normalized spacial score (nSPS) is 11.5. The number of benzene rings is 3. The molecule has 0 radical (unpaired) electrons. The number of furan rings is 1. The topological polar surface area (TPSA) is 109 Å². The van der Waals surface area contributed by atoms with Crippen molar-refractivity contribution in [2.45, 2.75) is 11.8 Å². The van der Waals surface area contributed by atoms with E-state index in [1.807, 2.05) is 0 Å². The van der Waals surface area contributed by atoms with Crippen molar-refractivity contribution >= 4 is 49.9 Å². The number of amides is 1. The summed E-state index contributed by atoms with van der Waals surface area (Å²) in [6.45, 7) is 1.59. The van der Waals surface area contributed by atoms with E-state index in [4.69, 9.17) is 16.0 Å². The van der Waals surface area contributed by atoms with Crippen molar-refractivity contribution in [1.29, 1.82) is 0 Å². The molecule has 1 aromatic heterocycles. The molecule has 0 atom stereocenters. The number of rotatable bonds is 5. The van der Waals surface area contributed by atoms with Crippen LogP contribution in [0.2, 0.25) is 5.02 Å². The average molecular weight is 475 g/mol. The number of aryl methyl sites for hydroxylation is 1. The molecule has 0 bridgehead atoms. The molecule has 3 N–H and O–H groups in total. The molecule has 7 nitrogen and oxygen atoms in total. The summed E-state index contributed by atoms with van der Waals surface area (Å²) in [6.07, 6.45) is 0. The minimum absolute atomic E-state index is 0.0681. The predicted octanol–water partition coefficient (Wildman–Crippen LogP) is 5.29. The molecule has 1 heterocycles. The summed E-state index contributed by atoms with van der Waals surface area (Å²) in [6, 6.07) is 13.9. The number of hydrogen-bond donors (Lipinski definition) is 3. The summed E-state index contributed by atoms with van der Waals surface area (Å²) in [5.74, 6) is -1.91. The van der Waals surface area contributed by atoms with Gasteiger partial charge < -0.3 is 14.8 Å². The first-order valence-corrected chi connectivity index (χ1v) is 11.1. The van der Waals surface area contributed by atoms with E-state index in [2.05, 4.69) is 10.0 Å². The first kappa shape index (κ1) is 21.7. The summed E-state index contributed by atoms with van der Waals surface area (Å²) in [7, 11) is -4.05. The third kappa shape index (κ3) is 4.12. The van der Waals surface area contributed by atoms with Gasteiger partial charge in [0, 0.05) is 16.0 Å². The largest absolute Gasteiger partial charge is 0.506 e. The lowest BCUT2D eigenvalue weighted by molar-refractivity contribution is 0.0997. The van der Waals surface area contributed by atoms with Crippen LogP contribution in [0.25, 0.3) is 11.0 Å². The van der Waals surface area contributed by atoms with Crippen molar-refractivity contribution in [1.82, 2.24) is 0 Å². The fourth-order valence-electron chi connectivity index (χ4n) is 3.15. The molecule has 0 unspecified atom stereocenters. The van der Waals surface area contributed by atoms with Crippen LogP contribution >= 0.6 is 11.6 Å². The van der Waals surface area contributed by atoms with Crippen LogP contribution in [0.15, 0.2) is 70.0 Å². The summed E-state index contributed by atoms with van der Waals surface area (Å²) >= 11 is 5.89. The first-order chi connectivity index (χ1) is 15.2. The molecule has 4 aromatic rings. The predicted molar refractivity (Wildman–Crippen MR) is 119 cm³/mol. The van der Waals surface area contributed by atoms with Gasteiger partial charge in [0.15, 0.2) is 17.2 Å². The maximum atomic E-state index is 14.0. The number of carbonyl (C=O) groups is 1. The van der Waals surface area contributed by atoms with Gasteiger partial charge in [0.1, 0.15) is 5.75 Å². The van der Waals surface area contributed by atoms with E-state index in [9.17, 15) is 22.7 Å². The fourth-order valence-corrected chi connectivity index (χ4v) is 4.42. The zero-order chi connectivity index (χ0) is 23.0. The van der Waals surface area contributed by atoms with Crippen molar-refractivity contribution in [3.63, 3.8) is 0 Å². The summed E-state index contributed by atoms with van der Waals surface area (Å²) in [4.78, 5) is 12.5. The monoisotopic (exact) mass is 474 g/mol. The molecule has 10 heteroatoms. The Hall–Kier alpha value is -3.56. The van der Waals surface area contributed by atoms with Gasteiger partial charge in [0.25, 0.3) is 15.9 Å². The zero-order valence-electron chi connectivity index (χ0n) is 16.5. The smallest absolute Gasteiger partial charge is 0.291 e. The first-order valence-electron chi connectivity index (χ1n) is 9.26. The maximum Gasteiger partial charge on any atom is 0.291 e. The van der Waals surface area contributed by atoms with E-state index in [-0.39, 0.29) is 33.4 Å². The third-order valence-electron chi connectivity index (χ3n) is 4.73. The van der Waals surface area contributed by atoms with Crippen molar-refractivity contribution in [3.8, 4) is 5.75 Å². The molecule has 1 amide bonds. The Morgan fingerprint density at radius 3 is 2.56 bits per heavy atom. The van der Waals surface area contributed by atoms with Gasteiger partial charge in [-0.3, -0.25) is 9.52 Å². The number of sulfonamides is 1. The van der Waals surface area contributed by atoms with E-state index < -0.39 is 21.7 Å². The molecule has 3 aromatic carbocycles. The Bertz CT molecular complexity index is 1470. The van der Waals surface area contributed by atoms with Crippen LogP contribution in [-0.4, -0.2) is 19.4 Å². The molecule has 164 valence electrons. The molecular formula is C22H16ClFN2O5S. The molecular weight excluding hydrogens is 459 g/mol. The molecule has 0 saturated heterocycles. The molecule has 0 aliphatic carbocycles. The average Bonchev–Trinajstić information content (AvgIpc) is 3.07. The molecule has 4 rings (SSSR count). The Kier molecular flexibility index (Phi) is 5.53. The standard InChI is InChI=1S/C22H16ClFN2O5S/c1-12-16-6-3-7-17(24)21(16)31-20(12)22(28)25-18-11-15(8-9-19(18)27)32(29,30)26-14-5-2-4-13(23)10-14/h2-11,26-27H,1H3,(H,25,28). The van der Waals surface area contributed by atoms with Gasteiger partial charge in [-0.05, 0) is 49.4 Å². The summed E-state index contributed by atoms with van der Waals surface area (Å²) < 4.78 is 47.2. The van der Waals surface area contributed by atoms with E-state index in [1.165, 1.54) is 30.3 Å².